The third kappa shape index (κ3) is 5.51. The van der Waals surface area contributed by atoms with Gasteiger partial charge >= 0.3 is 0 Å². The molecule has 0 spiro atoms. The van der Waals surface area contributed by atoms with Crippen molar-refractivity contribution in [1.29, 1.82) is 0 Å². The van der Waals surface area contributed by atoms with Crippen molar-refractivity contribution in [3.8, 4) is 11.5 Å². The largest absolute Gasteiger partial charge is 0.497 e. The van der Waals surface area contributed by atoms with E-state index in [0.29, 0.717) is 5.75 Å². The molecular formula is C20H19N3O8S2. The third-order valence-corrected chi connectivity index (χ3v) is 7.20. The van der Waals surface area contributed by atoms with E-state index < -0.39 is 25.0 Å². The molecule has 0 bridgehead atoms. The van der Waals surface area contributed by atoms with E-state index >= 15 is 0 Å². The fourth-order valence-corrected chi connectivity index (χ4v) is 4.88. The van der Waals surface area contributed by atoms with Crippen LogP contribution >= 0.6 is 0 Å². The summed E-state index contributed by atoms with van der Waals surface area (Å²) in [4.78, 5) is 9.78. The SMILES string of the molecule is COc1ccc(OC)c(NS(=O)(=O)c2ccc(NS(=O)(=O)c3ccc([N+](=O)[O-])cc3)cc2)c1. The third-order valence-electron chi connectivity index (χ3n) is 4.43. The molecule has 0 fully saturated rings. The minimum Gasteiger partial charge on any atom is -0.497 e. The normalized spacial score (nSPS) is 11.5. The molecule has 33 heavy (non-hydrogen) atoms. The van der Waals surface area contributed by atoms with Crippen LogP contribution in [0.4, 0.5) is 17.1 Å². The van der Waals surface area contributed by atoms with Crippen molar-refractivity contribution in [2.75, 3.05) is 23.7 Å². The Hall–Kier alpha value is -3.84. The highest BCUT2D eigenvalue weighted by Gasteiger charge is 2.19. The minimum atomic E-state index is -4.04. The summed E-state index contributed by atoms with van der Waals surface area (Å²) in [5.74, 6) is 0.705. The predicted octanol–water partition coefficient (Wildman–Crippen LogP) is 3.21. The zero-order chi connectivity index (χ0) is 24.2. The average molecular weight is 494 g/mol. The second kappa shape index (κ2) is 9.34. The van der Waals surface area contributed by atoms with E-state index in [1.165, 1.54) is 44.6 Å². The summed E-state index contributed by atoms with van der Waals surface area (Å²) in [7, 11) is -5.23. The van der Waals surface area contributed by atoms with Gasteiger partial charge in [0.05, 0.1) is 34.6 Å². The standard InChI is InChI=1S/C20H19N3O8S2/c1-30-16-7-12-20(31-2)19(13-16)22-33(28,29)17-8-3-14(4-9-17)21-32(26,27)18-10-5-15(6-11-18)23(24)25/h3-13,21-22H,1-2H3. The molecule has 13 heteroatoms. The van der Waals surface area contributed by atoms with Gasteiger partial charge in [-0.2, -0.15) is 0 Å². The van der Waals surface area contributed by atoms with E-state index in [4.69, 9.17) is 9.47 Å². The van der Waals surface area contributed by atoms with E-state index in [1.807, 2.05) is 0 Å². The van der Waals surface area contributed by atoms with E-state index in [-0.39, 0.29) is 32.6 Å². The Bertz CT molecular complexity index is 1370. The van der Waals surface area contributed by atoms with Crippen LogP contribution < -0.4 is 18.9 Å². The Labute approximate surface area is 190 Å². The van der Waals surface area contributed by atoms with Gasteiger partial charge in [-0.25, -0.2) is 16.8 Å². The molecule has 0 unspecified atom stereocenters. The van der Waals surface area contributed by atoms with Gasteiger partial charge in [0.25, 0.3) is 25.7 Å². The number of hydrogen-bond donors (Lipinski definition) is 2. The molecule has 174 valence electrons. The highest BCUT2D eigenvalue weighted by Crippen LogP contribution is 2.31. The van der Waals surface area contributed by atoms with E-state index in [2.05, 4.69) is 9.44 Å². The Balaban J connectivity index is 1.80. The zero-order valence-electron chi connectivity index (χ0n) is 17.4. The molecule has 0 saturated carbocycles. The Morgan fingerprint density at radius 3 is 1.82 bits per heavy atom. The lowest BCUT2D eigenvalue weighted by Crippen LogP contribution is -2.15. The van der Waals surface area contributed by atoms with Crippen LogP contribution in [0.5, 0.6) is 11.5 Å². The van der Waals surface area contributed by atoms with Gasteiger partial charge in [-0.1, -0.05) is 0 Å². The van der Waals surface area contributed by atoms with Gasteiger partial charge in [-0.3, -0.25) is 19.6 Å². The summed E-state index contributed by atoms with van der Waals surface area (Å²) in [5, 5.41) is 10.7. The lowest BCUT2D eigenvalue weighted by molar-refractivity contribution is -0.384. The van der Waals surface area contributed by atoms with Crippen molar-refractivity contribution in [1.82, 2.24) is 0 Å². The summed E-state index contributed by atoms with van der Waals surface area (Å²) in [6, 6.07) is 14.0. The van der Waals surface area contributed by atoms with Crippen molar-refractivity contribution in [3.05, 3.63) is 76.8 Å². The molecule has 0 aromatic heterocycles. The maximum absolute atomic E-state index is 12.8. The lowest BCUT2D eigenvalue weighted by Gasteiger charge is -2.13. The lowest BCUT2D eigenvalue weighted by atomic mass is 10.3. The van der Waals surface area contributed by atoms with Gasteiger partial charge in [-0.15, -0.1) is 0 Å². The minimum absolute atomic E-state index is 0.103. The number of ether oxygens (including phenoxy) is 2. The highest BCUT2D eigenvalue weighted by atomic mass is 32.2. The van der Waals surface area contributed by atoms with Gasteiger partial charge in [0.2, 0.25) is 0 Å². The molecule has 11 nitrogen and oxygen atoms in total. The molecule has 0 aliphatic rings. The summed E-state index contributed by atoms with van der Waals surface area (Å²) < 4.78 is 65.5. The number of rotatable bonds is 9. The first-order valence-corrected chi connectivity index (χ1v) is 12.1. The molecule has 0 heterocycles. The molecule has 0 saturated heterocycles. The van der Waals surface area contributed by atoms with E-state index in [0.717, 1.165) is 24.3 Å². The van der Waals surface area contributed by atoms with Gasteiger partial charge in [0.1, 0.15) is 11.5 Å². The average Bonchev–Trinajstić information content (AvgIpc) is 2.79. The number of nitrogens with one attached hydrogen (secondary N) is 2. The number of nitro benzene ring substituents is 1. The highest BCUT2D eigenvalue weighted by molar-refractivity contribution is 7.93. The number of anilines is 2. The summed E-state index contributed by atoms with van der Waals surface area (Å²) >= 11 is 0. The summed E-state index contributed by atoms with van der Waals surface area (Å²) in [5.41, 5.74) is 0.0229. The maximum Gasteiger partial charge on any atom is 0.269 e. The second-order valence-electron chi connectivity index (χ2n) is 6.55. The van der Waals surface area contributed by atoms with Gasteiger partial charge < -0.3 is 9.47 Å². The fourth-order valence-electron chi connectivity index (χ4n) is 2.76. The first kappa shape index (κ1) is 23.8. The fraction of sp³-hybridized carbons (Fsp3) is 0.100. The first-order chi connectivity index (χ1) is 15.6. The van der Waals surface area contributed by atoms with E-state index in [1.54, 1.807) is 12.1 Å². The molecule has 3 rings (SSSR count). The van der Waals surface area contributed by atoms with Crippen LogP contribution in [0.25, 0.3) is 0 Å². The number of non-ortho nitro benzene ring substituents is 1. The van der Waals surface area contributed by atoms with Crippen molar-refractivity contribution in [3.63, 3.8) is 0 Å². The van der Waals surface area contributed by atoms with Crippen LogP contribution in [0.15, 0.2) is 76.5 Å². The van der Waals surface area contributed by atoms with Gasteiger partial charge in [-0.05, 0) is 48.5 Å². The monoisotopic (exact) mass is 493 g/mol. The Morgan fingerprint density at radius 2 is 1.30 bits per heavy atom. The van der Waals surface area contributed by atoms with Crippen LogP contribution in [0.1, 0.15) is 0 Å². The molecule has 0 radical (unpaired) electrons. The number of benzene rings is 3. The maximum atomic E-state index is 12.8. The van der Waals surface area contributed by atoms with Crippen molar-refractivity contribution in [2.24, 2.45) is 0 Å². The van der Waals surface area contributed by atoms with Gasteiger partial charge in [0.15, 0.2) is 0 Å². The number of hydrogen-bond acceptors (Lipinski definition) is 8. The number of nitro groups is 1. The van der Waals surface area contributed by atoms with Crippen molar-refractivity contribution >= 4 is 37.1 Å². The molecular weight excluding hydrogens is 474 g/mol. The molecule has 2 N–H and O–H groups in total. The summed E-state index contributed by atoms with van der Waals surface area (Å²) in [6.45, 7) is 0. The molecule has 0 aliphatic carbocycles. The second-order valence-corrected chi connectivity index (χ2v) is 9.92. The smallest absolute Gasteiger partial charge is 0.269 e. The molecule has 0 atom stereocenters. The number of methoxy groups -OCH3 is 2. The first-order valence-electron chi connectivity index (χ1n) is 9.18. The quantitative estimate of drug-likeness (QED) is 0.340. The van der Waals surface area contributed by atoms with Gasteiger partial charge in [0, 0.05) is 23.9 Å². The van der Waals surface area contributed by atoms with Crippen LogP contribution in [-0.4, -0.2) is 36.0 Å². The molecule has 0 amide bonds. The zero-order valence-corrected chi connectivity index (χ0v) is 19.0. The van der Waals surface area contributed by atoms with Crippen LogP contribution in [-0.2, 0) is 20.0 Å². The Morgan fingerprint density at radius 1 is 0.758 bits per heavy atom. The molecule has 3 aromatic rings. The Kier molecular flexibility index (Phi) is 6.74. The topological polar surface area (TPSA) is 154 Å². The summed E-state index contributed by atoms with van der Waals surface area (Å²) in [6.07, 6.45) is 0. The van der Waals surface area contributed by atoms with Crippen molar-refractivity contribution < 1.29 is 31.2 Å². The molecule has 3 aromatic carbocycles. The van der Waals surface area contributed by atoms with Crippen LogP contribution in [0, 0.1) is 10.1 Å². The van der Waals surface area contributed by atoms with E-state index in [9.17, 15) is 26.9 Å². The number of sulfonamides is 2. The van der Waals surface area contributed by atoms with Crippen LogP contribution in [0.3, 0.4) is 0 Å². The number of nitrogens with zero attached hydrogens (tertiary/aromatic N) is 1. The predicted molar refractivity (Wildman–Crippen MR) is 121 cm³/mol. The van der Waals surface area contributed by atoms with Crippen molar-refractivity contribution in [2.45, 2.75) is 9.79 Å². The van der Waals surface area contributed by atoms with Crippen LogP contribution in [0.2, 0.25) is 0 Å². The molecule has 0 aliphatic heterocycles.